The third kappa shape index (κ3) is 7.12. The van der Waals surface area contributed by atoms with E-state index in [1.165, 1.54) is 0 Å². The highest BCUT2D eigenvalue weighted by atomic mass is 79.9. The number of hydrogen-bond donors (Lipinski definition) is 0. The van der Waals surface area contributed by atoms with Crippen molar-refractivity contribution in [3.05, 3.63) is 0 Å². The highest BCUT2D eigenvalue weighted by Crippen LogP contribution is 2.27. The maximum absolute atomic E-state index is 11.7. The van der Waals surface area contributed by atoms with Gasteiger partial charge in [-0.25, -0.2) is 0 Å². The Labute approximate surface area is 78.2 Å². The largest absolute Gasteiger partial charge is 0.411 e. The maximum Gasteiger partial charge on any atom is 0.411 e. The molecule has 1 unspecified atom stereocenters. The zero-order chi connectivity index (χ0) is 10.7. The van der Waals surface area contributed by atoms with Gasteiger partial charge in [-0.15, -0.1) is 0 Å². The zero-order valence-corrected chi connectivity index (χ0v) is 7.63. The van der Waals surface area contributed by atoms with Crippen LogP contribution in [-0.2, 0) is 4.74 Å². The summed E-state index contributed by atoms with van der Waals surface area (Å²) in [4.78, 5) is -2.07. The Bertz CT molecular complexity index is 152. The number of rotatable bonds is 3. The van der Waals surface area contributed by atoms with Crippen LogP contribution >= 0.6 is 15.9 Å². The van der Waals surface area contributed by atoms with Gasteiger partial charge in [-0.2, -0.15) is 26.3 Å². The summed E-state index contributed by atoms with van der Waals surface area (Å²) < 4.78 is 72.9. The van der Waals surface area contributed by atoms with Gasteiger partial charge in [-0.1, -0.05) is 15.9 Å². The number of hydrogen-bond acceptors (Lipinski definition) is 1. The quantitative estimate of drug-likeness (QED) is 0.568. The molecule has 1 nitrogen and oxygen atoms in total. The van der Waals surface area contributed by atoms with E-state index < -0.39 is 30.4 Å². The van der Waals surface area contributed by atoms with Crippen LogP contribution in [0.25, 0.3) is 0 Å². The molecule has 0 bridgehead atoms. The molecule has 0 aliphatic rings. The van der Waals surface area contributed by atoms with Crippen molar-refractivity contribution >= 4 is 15.9 Å². The van der Waals surface area contributed by atoms with Crippen molar-refractivity contribution in [1.29, 1.82) is 0 Å². The predicted octanol–water partition coefficient (Wildman–Crippen LogP) is 2.89. The van der Waals surface area contributed by atoms with E-state index in [0.717, 1.165) is 0 Å². The summed E-state index contributed by atoms with van der Waals surface area (Å²) in [6.45, 7) is -2.73. The fraction of sp³-hybridized carbons (Fsp3) is 1.00. The molecule has 0 rings (SSSR count). The second-order valence-corrected chi connectivity index (χ2v) is 3.24. The molecule has 0 saturated heterocycles. The first kappa shape index (κ1) is 13.0. The Morgan fingerprint density at radius 2 is 1.54 bits per heavy atom. The van der Waals surface area contributed by atoms with Crippen molar-refractivity contribution in [1.82, 2.24) is 0 Å². The summed E-state index contributed by atoms with van der Waals surface area (Å²) in [5.74, 6) is 0. The molecule has 0 aliphatic carbocycles. The molecule has 0 aliphatic heterocycles. The maximum atomic E-state index is 11.7. The van der Waals surface area contributed by atoms with E-state index in [9.17, 15) is 26.3 Å². The fourth-order valence-corrected chi connectivity index (χ4v) is 0.560. The number of alkyl halides is 7. The summed E-state index contributed by atoms with van der Waals surface area (Å²) >= 11 is 2.15. The first-order chi connectivity index (χ1) is 5.63. The molecular weight excluding hydrogens is 270 g/mol. The van der Waals surface area contributed by atoms with Crippen LogP contribution in [0.15, 0.2) is 0 Å². The van der Waals surface area contributed by atoms with E-state index in [1.807, 2.05) is 0 Å². The third-order valence-corrected chi connectivity index (χ3v) is 1.67. The molecule has 0 saturated carbocycles. The molecule has 80 valence electrons. The van der Waals surface area contributed by atoms with Gasteiger partial charge in [0.25, 0.3) is 0 Å². The van der Waals surface area contributed by atoms with E-state index in [-0.39, 0.29) is 0 Å². The summed E-state index contributed by atoms with van der Waals surface area (Å²) in [7, 11) is 0. The lowest BCUT2D eigenvalue weighted by molar-refractivity contribution is -0.185. The minimum atomic E-state index is -4.60. The smallest absolute Gasteiger partial charge is 0.371 e. The van der Waals surface area contributed by atoms with E-state index in [0.29, 0.717) is 0 Å². The van der Waals surface area contributed by atoms with Crippen molar-refractivity contribution in [3.8, 4) is 0 Å². The van der Waals surface area contributed by atoms with Crippen LogP contribution in [0, 0.1) is 0 Å². The SMILES string of the molecule is FC(F)(F)COCC(Br)C(F)(F)F. The Balaban J connectivity index is 3.67. The monoisotopic (exact) mass is 274 g/mol. The van der Waals surface area contributed by atoms with Gasteiger partial charge in [0.2, 0.25) is 0 Å². The summed E-state index contributed by atoms with van der Waals surface area (Å²) in [5, 5.41) is 0. The van der Waals surface area contributed by atoms with E-state index in [4.69, 9.17) is 0 Å². The first-order valence-corrected chi connectivity index (χ1v) is 3.90. The van der Waals surface area contributed by atoms with Gasteiger partial charge in [-0.05, 0) is 0 Å². The van der Waals surface area contributed by atoms with Gasteiger partial charge >= 0.3 is 12.4 Å². The lowest BCUT2D eigenvalue weighted by atomic mass is 10.4. The molecule has 0 heterocycles. The zero-order valence-electron chi connectivity index (χ0n) is 6.05. The molecule has 13 heavy (non-hydrogen) atoms. The standard InChI is InChI=1S/C5H5BrF6O/c6-3(5(10,11)12)1-13-2-4(7,8)9/h3H,1-2H2. The van der Waals surface area contributed by atoms with Crippen LogP contribution in [-0.4, -0.2) is 30.4 Å². The Morgan fingerprint density at radius 1 is 1.08 bits per heavy atom. The molecule has 0 aromatic rings. The Kier molecular flexibility index (Phi) is 4.50. The summed E-state index contributed by atoms with van der Waals surface area (Å²) in [5.41, 5.74) is 0. The first-order valence-electron chi connectivity index (χ1n) is 2.98. The molecule has 0 N–H and O–H groups in total. The van der Waals surface area contributed by atoms with Crippen LogP contribution in [0.5, 0.6) is 0 Å². The minimum absolute atomic E-state index is 1.05. The van der Waals surface area contributed by atoms with Crippen molar-refractivity contribution < 1.29 is 31.1 Å². The average molecular weight is 275 g/mol. The number of ether oxygens (including phenoxy) is 1. The molecule has 0 aromatic heterocycles. The Hall–Kier alpha value is 0.0200. The normalized spacial score (nSPS) is 15.9. The van der Waals surface area contributed by atoms with Gasteiger partial charge in [-0.3, -0.25) is 0 Å². The number of halogens is 7. The molecule has 8 heteroatoms. The average Bonchev–Trinajstić information content (AvgIpc) is 1.82. The lowest BCUT2D eigenvalue weighted by Gasteiger charge is -2.14. The van der Waals surface area contributed by atoms with Crippen LogP contribution in [0.1, 0.15) is 0 Å². The van der Waals surface area contributed by atoms with Crippen molar-refractivity contribution in [2.75, 3.05) is 13.2 Å². The molecule has 0 spiro atoms. The van der Waals surface area contributed by atoms with Gasteiger partial charge in [0, 0.05) is 0 Å². The summed E-state index contributed by atoms with van der Waals surface area (Å²) in [6, 6.07) is 0. The van der Waals surface area contributed by atoms with Crippen LogP contribution in [0.4, 0.5) is 26.3 Å². The molecular formula is C5H5BrF6O. The van der Waals surface area contributed by atoms with Crippen molar-refractivity contribution in [2.45, 2.75) is 17.2 Å². The van der Waals surface area contributed by atoms with E-state index in [2.05, 4.69) is 20.7 Å². The van der Waals surface area contributed by atoms with E-state index in [1.54, 1.807) is 0 Å². The van der Waals surface area contributed by atoms with Crippen LogP contribution < -0.4 is 0 Å². The Morgan fingerprint density at radius 3 is 1.85 bits per heavy atom. The summed E-state index contributed by atoms with van der Waals surface area (Å²) in [6.07, 6.45) is -9.19. The lowest BCUT2D eigenvalue weighted by Crippen LogP contribution is -2.29. The van der Waals surface area contributed by atoms with Gasteiger partial charge in [0.05, 0.1) is 6.61 Å². The molecule has 0 amide bonds. The van der Waals surface area contributed by atoms with Crippen molar-refractivity contribution in [2.24, 2.45) is 0 Å². The predicted molar refractivity (Wildman–Crippen MR) is 35.6 cm³/mol. The van der Waals surface area contributed by atoms with Gasteiger partial charge in [0.15, 0.2) is 0 Å². The van der Waals surface area contributed by atoms with Crippen molar-refractivity contribution in [3.63, 3.8) is 0 Å². The molecule has 0 radical (unpaired) electrons. The highest BCUT2D eigenvalue weighted by molar-refractivity contribution is 9.09. The molecule has 0 aromatic carbocycles. The second kappa shape index (κ2) is 4.50. The van der Waals surface area contributed by atoms with Crippen LogP contribution in [0.3, 0.4) is 0 Å². The second-order valence-electron chi connectivity index (χ2n) is 2.14. The topological polar surface area (TPSA) is 9.23 Å². The third-order valence-electron chi connectivity index (χ3n) is 0.885. The van der Waals surface area contributed by atoms with E-state index >= 15 is 0 Å². The molecule has 1 atom stereocenters. The van der Waals surface area contributed by atoms with Gasteiger partial charge < -0.3 is 4.74 Å². The fourth-order valence-electron chi connectivity index (χ4n) is 0.373. The van der Waals surface area contributed by atoms with Crippen LogP contribution in [0.2, 0.25) is 0 Å². The minimum Gasteiger partial charge on any atom is -0.371 e. The van der Waals surface area contributed by atoms with Gasteiger partial charge in [0.1, 0.15) is 11.4 Å². The molecule has 0 fully saturated rings. The highest BCUT2D eigenvalue weighted by Gasteiger charge is 2.38.